The monoisotopic (exact) mass is 269 g/mol. The van der Waals surface area contributed by atoms with Gasteiger partial charge in [0.1, 0.15) is 0 Å². The van der Waals surface area contributed by atoms with Gasteiger partial charge in [-0.2, -0.15) is 0 Å². The first-order valence-electron chi connectivity index (χ1n) is 5.74. The molecule has 1 atom stereocenters. The van der Waals surface area contributed by atoms with Gasteiger partial charge in [0, 0.05) is 11.0 Å². The van der Waals surface area contributed by atoms with E-state index in [1.54, 1.807) is 0 Å². The van der Waals surface area contributed by atoms with Gasteiger partial charge in [0.2, 0.25) is 0 Å². The summed E-state index contributed by atoms with van der Waals surface area (Å²) in [7, 11) is 0. The first-order valence-corrected chi connectivity index (χ1v) is 6.53. The van der Waals surface area contributed by atoms with E-state index < -0.39 is 0 Å². The average Bonchev–Trinajstić information content (AvgIpc) is 2.25. The number of hydrogen-bond acceptors (Lipinski definition) is 1. The summed E-state index contributed by atoms with van der Waals surface area (Å²) < 4.78 is 1.16. The average molecular weight is 270 g/mol. The lowest BCUT2D eigenvalue weighted by Crippen LogP contribution is -2.21. The van der Waals surface area contributed by atoms with E-state index in [0.717, 1.165) is 17.6 Å². The van der Waals surface area contributed by atoms with Crippen LogP contribution in [0.5, 0.6) is 0 Å². The van der Waals surface area contributed by atoms with Gasteiger partial charge in [0.05, 0.1) is 0 Å². The molecule has 0 heterocycles. The summed E-state index contributed by atoms with van der Waals surface area (Å²) in [6.07, 6.45) is 2.50. The molecule has 0 spiro atoms. The molecule has 0 fully saturated rings. The molecule has 0 aromatic heterocycles. The Labute approximate surface area is 101 Å². The zero-order valence-electron chi connectivity index (χ0n) is 9.59. The largest absolute Gasteiger partial charge is 0.316 e. The molecule has 15 heavy (non-hydrogen) atoms. The summed E-state index contributed by atoms with van der Waals surface area (Å²) in [6, 6.07) is 8.71. The van der Waals surface area contributed by atoms with Gasteiger partial charge in [-0.25, -0.2) is 0 Å². The molecule has 1 rings (SSSR count). The van der Waals surface area contributed by atoms with Crippen LogP contribution in [-0.2, 0) is 0 Å². The highest BCUT2D eigenvalue weighted by atomic mass is 79.9. The van der Waals surface area contributed by atoms with Crippen LogP contribution in [0.15, 0.2) is 28.7 Å². The molecule has 2 heteroatoms. The number of nitrogens with one attached hydrogen (secondary N) is 1. The first kappa shape index (κ1) is 12.7. The zero-order valence-corrected chi connectivity index (χ0v) is 11.2. The lowest BCUT2D eigenvalue weighted by molar-refractivity contribution is 0.555. The Morgan fingerprint density at radius 1 is 1.20 bits per heavy atom. The quantitative estimate of drug-likeness (QED) is 0.825. The smallest absolute Gasteiger partial charge is 0.0175 e. The van der Waals surface area contributed by atoms with Crippen molar-refractivity contribution < 1.29 is 0 Å². The highest BCUT2D eigenvalue weighted by Crippen LogP contribution is 2.22. The molecule has 0 saturated heterocycles. The van der Waals surface area contributed by atoms with Gasteiger partial charge in [-0.3, -0.25) is 0 Å². The van der Waals surface area contributed by atoms with Gasteiger partial charge < -0.3 is 5.32 Å². The lowest BCUT2D eigenvalue weighted by atomic mass is 9.94. The fourth-order valence-corrected chi connectivity index (χ4v) is 2.05. The maximum Gasteiger partial charge on any atom is 0.0175 e. The van der Waals surface area contributed by atoms with Gasteiger partial charge in [-0.15, -0.1) is 0 Å². The predicted molar refractivity (Wildman–Crippen MR) is 70.3 cm³/mol. The van der Waals surface area contributed by atoms with Gasteiger partial charge >= 0.3 is 0 Å². The molecule has 0 aliphatic heterocycles. The van der Waals surface area contributed by atoms with Crippen molar-refractivity contribution in [1.29, 1.82) is 0 Å². The maximum atomic E-state index is 3.47. The van der Waals surface area contributed by atoms with Crippen LogP contribution < -0.4 is 5.32 Å². The molecular weight excluding hydrogens is 250 g/mol. The van der Waals surface area contributed by atoms with Crippen LogP contribution in [0.1, 0.15) is 38.2 Å². The van der Waals surface area contributed by atoms with E-state index >= 15 is 0 Å². The van der Waals surface area contributed by atoms with Crippen LogP contribution in [0.3, 0.4) is 0 Å². The van der Waals surface area contributed by atoms with Crippen LogP contribution in [-0.4, -0.2) is 13.1 Å². The molecule has 0 amide bonds. The van der Waals surface area contributed by atoms with Crippen molar-refractivity contribution in [3.63, 3.8) is 0 Å². The molecule has 84 valence electrons. The summed E-state index contributed by atoms with van der Waals surface area (Å²) >= 11 is 3.47. The summed E-state index contributed by atoms with van der Waals surface area (Å²) in [5.74, 6) is 0.656. The summed E-state index contributed by atoms with van der Waals surface area (Å²) in [4.78, 5) is 0. The first-order chi connectivity index (χ1) is 7.27. The van der Waals surface area contributed by atoms with Crippen molar-refractivity contribution >= 4 is 15.9 Å². The molecule has 0 aliphatic rings. The van der Waals surface area contributed by atoms with Crippen LogP contribution in [0, 0.1) is 0 Å². The van der Waals surface area contributed by atoms with E-state index in [1.807, 2.05) is 0 Å². The molecule has 0 aliphatic carbocycles. The van der Waals surface area contributed by atoms with E-state index in [1.165, 1.54) is 18.4 Å². The summed E-state index contributed by atoms with van der Waals surface area (Å²) in [5, 5.41) is 3.43. The topological polar surface area (TPSA) is 12.0 Å². The maximum absolute atomic E-state index is 3.47. The molecular formula is C13H20BrN. The second-order valence-electron chi connectivity index (χ2n) is 3.84. The second kappa shape index (κ2) is 7.02. The fourth-order valence-electron chi connectivity index (χ4n) is 1.79. The number of rotatable bonds is 6. The van der Waals surface area contributed by atoms with E-state index in [9.17, 15) is 0 Å². The second-order valence-corrected chi connectivity index (χ2v) is 4.76. The van der Waals surface area contributed by atoms with E-state index in [0.29, 0.717) is 5.92 Å². The Balaban J connectivity index is 2.65. The molecule has 0 bridgehead atoms. The highest BCUT2D eigenvalue weighted by Gasteiger charge is 2.09. The summed E-state index contributed by atoms with van der Waals surface area (Å²) in [5.41, 5.74) is 1.45. The molecule has 0 radical (unpaired) electrons. The molecule has 1 N–H and O–H groups in total. The highest BCUT2D eigenvalue weighted by molar-refractivity contribution is 9.10. The van der Waals surface area contributed by atoms with E-state index in [2.05, 4.69) is 59.4 Å². The van der Waals surface area contributed by atoms with Crippen LogP contribution in [0.25, 0.3) is 0 Å². The Bertz CT molecular complexity index is 268. The molecule has 1 aromatic rings. The van der Waals surface area contributed by atoms with Crippen molar-refractivity contribution in [2.75, 3.05) is 13.1 Å². The molecule has 1 nitrogen and oxygen atoms in total. The zero-order chi connectivity index (χ0) is 11.1. The Hall–Kier alpha value is -0.340. The van der Waals surface area contributed by atoms with Crippen LogP contribution >= 0.6 is 15.9 Å². The van der Waals surface area contributed by atoms with Crippen molar-refractivity contribution in [2.24, 2.45) is 0 Å². The predicted octanol–water partition coefficient (Wildman–Crippen LogP) is 3.94. The van der Waals surface area contributed by atoms with Crippen LogP contribution in [0.4, 0.5) is 0 Å². The Morgan fingerprint density at radius 2 is 1.87 bits per heavy atom. The third-order valence-corrected chi connectivity index (χ3v) is 3.15. The van der Waals surface area contributed by atoms with Gasteiger partial charge in [0.15, 0.2) is 0 Å². The fraction of sp³-hybridized carbons (Fsp3) is 0.538. The number of halogens is 1. The minimum absolute atomic E-state index is 0.656. The van der Waals surface area contributed by atoms with Crippen molar-refractivity contribution in [2.45, 2.75) is 32.6 Å². The van der Waals surface area contributed by atoms with Crippen molar-refractivity contribution in [3.8, 4) is 0 Å². The van der Waals surface area contributed by atoms with E-state index in [-0.39, 0.29) is 0 Å². The minimum Gasteiger partial charge on any atom is -0.316 e. The van der Waals surface area contributed by atoms with Crippen LogP contribution in [0.2, 0.25) is 0 Å². The van der Waals surface area contributed by atoms with E-state index in [4.69, 9.17) is 0 Å². The number of benzene rings is 1. The Morgan fingerprint density at radius 3 is 2.40 bits per heavy atom. The van der Waals surface area contributed by atoms with Crippen molar-refractivity contribution in [3.05, 3.63) is 34.3 Å². The molecule has 1 unspecified atom stereocenters. The molecule has 1 aromatic carbocycles. The third-order valence-electron chi connectivity index (χ3n) is 2.62. The van der Waals surface area contributed by atoms with Gasteiger partial charge in [0.25, 0.3) is 0 Å². The third kappa shape index (κ3) is 4.35. The minimum atomic E-state index is 0.656. The summed E-state index contributed by atoms with van der Waals surface area (Å²) in [6.45, 7) is 6.55. The van der Waals surface area contributed by atoms with Gasteiger partial charge in [-0.05, 0) is 36.6 Å². The SMILES string of the molecule is CCCC(CNCC)c1ccc(Br)cc1. The Kier molecular flexibility index (Phi) is 5.96. The van der Waals surface area contributed by atoms with Crippen molar-refractivity contribution in [1.82, 2.24) is 5.32 Å². The normalized spacial score (nSPS) is 12.7. The standard InChI is InChI=1S/C13H20BrN/c1-3-5-12(10-15-4-2)11-6-8-13(14)9-7-11/h6-9,12,15H,3-5,10H2,1-2H3. The number of likely N-dealkylation sites (N-methyl/N-ethyl adjacent to an activating group) is 1. The van der Waals surface area contributed by atoms with Gasteiger partial charge in [-0.1, -0.05) is 48.3 Å². The number of hydrogen-bond donors (Lipinski definition) is 1. The lowest BCUT2D eigenvalue weighted by Gasteiger charge is -2.17. The molecule has 0 saturated carbocycles.